The first-order valence-corrected chi connectivity index (χ1v) is 9.74. The Morgan fingerprint density at radius 1 is 1.29 bits per heavy atom. The van der Waals surface area contributed by atoms with Crippen molar-refractivity contribution >= 4 is 18.1 Å². The van der Waals surface area contributed by atoms with Crippen molar-refractivity contribution in [1.82, 2.24) is 15.1 Å². The Hall–Kier alpha value is -2.03. The van der Waals surface area contributed by atoms with Crippen LogP contribution in [0.3, 0.4) is 0 Å². The fourth-order valence-corrected chi connectivity index (χ4v) is 3.11. The molecule has 0 aromatic carbocycles. The molecule has 0 aliphatic carbocycles. The predicted octanol–water partition coefficient (Wildman–Crippen LogP) is 1.89. The van der Waals surface area contributed by atoms with Gasteiger partial charge in [0.05, 0.1) is 18.7 Å². The molecule has 9 heteroatoms. The number of carbonyl (C=O) groups is 3. The van der Waals surface area contributed by atoms with Crippen LogP contribution in [0.1, 0.15) is 53.9 Å². The fourth-order valence-electron chi connectivity index (χ4n) is 3.11. The molecule has 0 bridgehead atoms. The van der Waals surface area contributed by atoms with Gasteiger partial charge in [-0.2, -0.15) is 0 Å². The van der Waals surface area contributed by atoms with Crippen LogP contribution < -0.4 is 5.32 Å². The van der Waals surface area contributed by atoms with Crippen LogP contribution >= 0.6 is 0 Å². The second-order valence-corrected chi connectivity index (χ2v) is 8.79. The number of nitrogens with zero attached hydrogens (tertiary/aromatic N) is 2. The molecule has 1 fully saturated rings. The largest absolute Gasteiger partial charge is 0.465 e. The van der Waals surface area contributed by atoms with Crippen LogP contribution in [0.5, 0.6) is 0 Å². The van der Waals surface area contributed by atoms with E-state index in [1.54, 1.807) is 20.8 Å². The first-order chi connectivity index (χ1) is 12.8. The highest BCUT2D eigenvalue weighted by Crippen LogP contribution is 2.17. The summed E-state index contributed by atoms with van der Waals surface area (Å²) in [6.07, 6.45) is -1.26. The Morgan fingerprint density at radius 2 is 1.89 bits per heavy atom. The van der Waals surface area contributed by atoms with E-state index < -0.39 is 36.0 Å². The predicted molar refractivity (Wildman–Crippen MR) is 104 cm³/mol. The normalized spacial score (nSPS) is 21.6. The van der Waals surface area contributed by atoms with Gasteiger partial charge < -0.3 is 25.2 Å². The average molecular weight is 402 g/mol. The maximum atomic E-state index is 12.9. The highest BCUT2D eigenvalue weighted by molar-refractivity contribution is 5.86. The first-order valence-electron chi connectivity index (χ1n) is 9.74. The number of carbonyl (C=O) groups excluding carboxylic acids is 2. The van der Waals surface area contributed by atoms with E-state index in [1.165, 1.54) is 11.9 Å². The van der Waals surface area contributed by atoms with E-state index in [0.717, 1.165) is 4.90 Å². The SMILES string of the molecule is CC(C)C[C@@H](C(=O)NC1CCCN(C(=O)O)CC1O)N(C)C(=O)OC(C)(C)C. The van der Waals surface area contributed by atoms with Crippen LogP contribution in [-0.2, 0) is 9.53 Å². The Kier molecular flexibility index (Phi) is 8.53. The molecule has 2 unspecified atom stereocenters. The zero-order valence-electron chi connectivity index (χ0n) is 17.8. The molecule has 0 spiro atoms. The summed E-state index contributed by atoms with van der Waals surface area (Å²) in [7, 11) is 1.52. The summed E-state index contributed by atoms with van der Waals surface area (Å²) in [5.74, 6) is -0.225. The molecule has 1 rings (SSSR count). The third kappa shape index (κ3) is 7.53. The third-order valence-corrected chi connectivity index (χ3v) is 4.56. The van der Waals surface area contributed by atoms with Gasteiger partial charge in [-0.15, -0.1) is 0 Å². The van der Waals surface area contributed by atoms with E-state index in [4.69, 9.17) is 9.84 Å². The monoisotopic (exact) mass is 401 g/mol. The lowest BCUT2D eigenvalue weighted by molar-refractivity contribution is -0.128. The van der Waals surface area contributed by atoms with Crippen molar-refractivity contribution in [2.75, 3.05) is 20.1 Å². The zero-order chi connectivity index (χ0) is 21.6. The van der Waals surface area contributed by atoms with Crippen LogP contribution in [0.2, 0.25) is 0 Å². The van der Waals surface area contributed by atoms with Crippen LogP contribution in [0, 0.1) is 5.92 Å². The minimum Gasteiger partial charge on any atom is -0.465 e. The smallest absolute Gasteiger partial charge is 0.410 e. The molecule has 28 heavy (non-hydrogen) atoms. The van der Waals surface area contributed by atoms with E-state index >= 15 is 0 Å². The van der Waals surface area contributed by atoms with Gasteiger partial charge in [0.25, 0.3) is 0 Å². The summed E-state index contributed by atoms with van der Waals surface area (Å²) in [6.45, 7) is 9.43. The van der Waals surface area contributed by atoms with E-state index in [2.05, 4.69) is 5.32 Å². The Morgan fingerprint density at radius 3 is 2.39 bits per heavy atom. The van der Waals surface area contributed by atoms with Gasteiger partial charge >= 0.3 is 12.2 Å². The standard InChI is InChI=1S/C19H35N3O6/c1-12(2)10-14(21(6)18(27)28-19(3,4)5)16(24)20-13-8-7-9-22(17(25)26)11-15(13)23/h12-15,23H,7-11H2,1-6H3,(H,20,24)(H,25,26)/t13?,14-,15?/m0/s1. The average Bonchev–Trinajstić information content (AvgIpc) is 2.72. The third-order valence-electron chi connectivity index (χ3n) is 4.56. The molecule has 0 radical (unpaired) electrons. The summed E-state index contributed by atoms with van der Waals surface area (Å²) in [5, 5.41) is 22.3. The zero-order valence-corrected chi connectivity index (χ0v) is 17.8. The summed E-state index contributed by atoms with van der Waals surface area (Å²) in [6, 6.07) is -1.32. The Labute approximate surface area is 167 Å². The molecule has 9 nitrogen and oxygen atoms in total. The van der Waals surface area contributed by atoms with Crippen LogP contribution in [0.15, 0.2) is 0 Å². The van der Waals surface area contributed by atoms with Crippen molar-refractivity contribution < 1.29 is 29.3 Å². The molecule has 0 aromatic rings. The summed E-state index contributed by atoms with van der Waals surface area (Å²) < 4.78 is 5.37. The number of likely N-dealkylation sites (tertiary alicyclic amines) is 1. The van der Waals surface area contributed by atoms with E-state index in [0.29, 0.717) is 25.8 Å². The van der Waals surface area contributed by atoms with Gasteiger partial charge in [-0.25, -0.2) is 9.59 Å². The molecule has 3 N–H and O–H groups in total. The second kappa shape index (κ2) is 9.95. The van der Waals surface area contributed by atoms with Crippen LogP contribution in [0.25, 0.3) is 0 Å². The summed E-state index contributed by atoms with van der Waals surface area (Å²) in [5.41, 5.74) is -0.679. The number of likely N-dealkylation sites (N-methyl/N-ethyl adjacent to an activating group) is 1. The number of hydrogen-bond acceptors (Lipinski definition) is 5. The van der Waals surface area contributed by atoms with Gasteiger partial charge in [0.1, 0.15) is 11.6 Å². The van der Waals surface area contributed by atoms with Gasteiger partial charge in [-0.05, 0) is 46.0 Å². The van der Waals surface area contributed by atoms with Gasteiger partial charge in [0, 0.05) is 13.6 Å². The maximum Gasteiger partial charge on any atom is 0.410 e. The number of nitrogens with one attached hydrogen (secondary N) is 1. The van der Waals surface area contributed by atoms with Crippen molar-refractivity contribution in [3.63, 3.8) is 0 Å². The molecular weight excluding hydrogens is 366 g/mol. The van der Waals surface area contributed by atoms with E-state index in [9.17, 15) is 19.5 Å². The number of β-amino-alcohol motifs (C(OH)–C–C–N with tert-alkyl or cyclic N) is 1. The van der Waals surface area contributed by atoms with Crippen molar-refractivity contribution in [1.29, 1.82) is 0 Å². The van der Waals surface area contributed by atoms with Crippen LogP contribution in [-0.4, -0.2) is 82.0 Å². The number of ether oxygens (including phenoxy) is 1. The molecule has 1 saturated heterocycles. The first kappa shape index (κ1) is 24.0. The number of carboxylic acid groups (broad SMARTS) is 1. The highest BCUT2D eigenvalue weighted by atomic mass is 16.6. The summed E-state index contributed by atoms with van der Waals surface area (Å²) in [4.78, 5) is 38.9. The number of rotatable bonds is 5. The fraction of sp³-hybridized carbons (Fsp3) is 0.842. The lowest BCUT2D eigenvalue weighted by atomic mass is 10.0. The van der Waals surface area contributed by atoms with Gasteiger partial charge in [-0.3, -0.25) is 9.69 Å². The minimum absolute atomic E-state index is 0.0585. The number of amides is 3. The van der Waals surface area contributed by atoms with Gasteiger partial charge in [0.15, 0.2) is 0 Å². The van der Waals surface area contributed by atoms with E-state index in [1.807, 2.05) is 13.8 Å². The lowest BCUT2D eigenvalue weighted by Crippen LogP contribution is -2.54. The van der Waals surface area contributed by atoms with Gasteiger partial charge in [0.2, 0.25) is 5.91 Å². The highest BCUT2D eigenvalue weighted by Gasteiger charge is 2.34. The number of aliphatic hydroxyl groups excluding tert-OH is 1. The molecule has 162 valence electrons. The van der Waals surface area contributed by atoms with Crippen molar-refractivity contribution in [2.24, 2.45) is 5.92 Å². The maximum absolute atomic E-state index is 12.9. The summed E-state index contributed by atoms with van der Waals surface area (Å²) >= 11 is 0. The molecule has 3 atom stereocenters. The van der Waals surface area contributed by atoms with Crippen molar-refractivity contribution in [3.05, 3.63) is 0 Å². The van der Waals surface area contributed by atoms with Crippen molar-refractivity contribution in [2.45, 2.75) is 77.7 Å². The topological polar surface area (TPSA) is 119 Å². The second-order valence-electron chi connectivity index (χ2n) is 8.79. The quantitative estimate of drug-likeness (QED) is 0.647. The molecule has 0 saturated carbocycles. The molecular formula is C19H35N3O6. The molecule has 1 aliphatic heterocycles. The molecule has 0 aromatic heterocycles. The number of hydrogen-bond donors (Lipinski definition) is 3. The Balaban J connectivity index is 2.86. The molecule has 1 aliphatic rings. The van der Waals surface area contributed by atoms with Crippen molar-refractivity contribution in [3.8, 4) is 0 Å². The molecule has 3 amide bonds. The van der Waals surface area contributed by atoms with Gasteiger partial charge in [-0.1, -0.05) is 13.8 Å². The lowest BCUT2D eigenvalue weighted by Gasteiger charge is -2.32. The molecule has 1 heterocycles. The minimum atomic E-state index is -1.09. The Bertz CT molecular complexity index is 560. The van der Waals surface area contributed by atoms with Crippen LogP contribution in [0.4, 0.5) is 9.59 Å². The van der Waals surface area contributed by atoms with E-state index in [-0.39, 0.29) is 18.4 Å². The number of aliphatic hydroxyl groups is 1.